The van der Waals surface area contributed by atoms with E-state index >= 15 is 0 Å². The third-order valence-electron chi connectivity index (χ3n) is 2.39. The minimum atomic E-state index is -5.15. The molecule has 0 amide bonds. The summed E-state index contributed by atoms with van der Waals surface area (Å²) in [5, 5.41) is 0. The number of pyridine rings is 1. The van der Waals surface area contributed by atoms with Crippen molar-refractivity contribution >= 4 is 5.97 Å². The fraction of sp³-hybridized carbons (Fsp3) is 0.455. The Bertz CT molecular complexity index is 502. The molecule has 1 rings (SSSR count). The molecule has 0 fully saturated rings. The van der Waals surface area contributed by atoms with E-state index in [-0.39, 0.29) is 6.61 Å². The zero-order valence-corrected chi connectivity index (χ0v) is 10.3. The van der Waals surface area contributed by atoms with Gasteiger partial charge in [-0.05, 0) is 6.92 Å². The molecule has 1 aromatic heterocycles. The van der Waals surface area contributed by atoms with Crippen LogP contribution < -0.4 is 5.73 Å². The highest BCUT2D eigenvalue weighted by atomic mass is 19.4. The molecule has 0 saturated carbocycles. The SMILES string of the molecule is CCOC(=O)c1cnc(CN)c(C(F)F)c1C(F)(F)F. The van der Waals surface area contributed by atoms with Crippen molar-refractivity contribution in [1.29, 1.82) is 0 Å². The van der Waals surface area contributed by atoms with Crippen molar-refractivity contribution in [2.45, 2.75) is 26.1 Å². The Kier molecular flexibility index (Phi) is 4.98. The number of carbonyl (C=O) groups is 1. The number of nitrogens with zero attached hydrogens (tertiary/aromatic N) is 1. The van der Waals surface area contributed by atoms with Crippen LogP contribution in [-0.2, 0) is 17.5 Å². The maximum absolute atomic E-state index is 13.0. The van der Waals surface area contributed by atoms with Gasteiger partial charge in [0.15, 0.2) is 0 Å². The molecule has 9 heteroatoms. The normalized spacial score (nSPS) is 11.8. The van der Waals surface area contributed by atoms with Crippen molar-refractivity contribution in [1.82, 2.24) is 4.98 Å². The zero-order valence-electron chi connectivity index (χ0n) is 10.3. The predicted molar refractivity (Wildman–Crippen MR) is 58.0 cm³/mol. The summed E-state index contributed by atoms with van der Waals surface area (Å²) in [5.74, 6) is -1.36. The maximum atomic E-state index is 13.0. The van der Waals surface area contributed by atoms with Gasteiger partial charge in [0.1, 0.15) is 0 Å². The van der Waals surface area contributed by atoms with E-state index in [1.807, 2.05) is 0 Å². The van der Waals surface area contributed by atoms with Gasteiger partial charge in [-0.15, -0.1) is 0 Å². The Labute approximate surface area is 110 Å². The smallest absolute Gasteiger partial charge is 0.417 e. The molecule has 2 N–H and O–H groups in total. The molecule has 112 valence electrons. The van der Waals surface area contributed by atoms with Gasteiger partial charge in [0.25, 0.3) is 6.43 Å². The van der Waals surface area contributed by atoms with E-state index in [0.717, 1.165) is 0 Å². The first-order chi connectivity index (χ1) is 9.23. The van der Waals surface area contributed by atoms with Gasteiger partial charge < -0.3 is 10.5 Å². The molecule has 0 saturated heterocycles. The molecule has 1 heterocycles. The zero-order chi connectivity index (χ0) is 15.5. The van der Waals surface area contributed by atoms with Gasteiger partial charge in [-0.1, -0.05) is 0 Å². The van der Waals surface area contributed by atoms with Crippen LogP contribution >= 0.6 is 0 Å². The van der Waals surface area contributed by atoms with Crippen LogP contribution in [0.3, 0.4) is 0 Å². The summed E-state index contributed by atoms with van der Waals surface area (Å²) < 4.78 is 69.1. The molecule has 0 aliphatic carbocycles. The molecule has 4 nitrogen and oxygen atoms in total. The number of hydrogen-bond acceptors (Lipinski definition) is 4. The van der Waals surface area contributed by atoms with E-state index in [1.165, 1.54) is 6.92 Å². The summed E-state index contributed by atoms with van der Waals surface area (Å²) in [5.41, 5.74) is 0.314. The molecule has 1 aromatic rings. The molecular weight excluding hydrogens is 287 g/mol. The van der Waals surface area contributed by atoms with Gasteiger partial charge in [-0.3, -0.25) is 4.98 Å². The number of nitrogens with two attached hydrogens (primary N) is 1. The van der Waals surface area contributed by atoms with Gasteiger partial charge in [0, 0.05) is 12.7 Å². The minimum absolute atomic E-state index is 0.196. The largest absolute Gasteiger partial charge is 0.462 e. The first kappa shape index (κ1) is 16.3. The second-order valence-corrected chi connectivity index (χ2v) is 3.63. The average Bonchev–Trinajstić information content (AvgIpc) is 2.35. The van der Waals surface area contributed by atoms with E-state index < -0.39 is 47.5 Å². The summed E-state index contributed by atoms with van der Waals surface area (Å²) in [6.45, 7) is 0.575. The second kappa shape index (κ2) is 6.12. The van der Waals surface area contributed by atoms with Crippen LogP contribution in [0.1, 0.15) is 40.5 Å². The number of halogens is 5. The number of alkyl halides is 5. The highest BCUT2D eigenvalue weighted by molar-refractivity contribution is 5.91. The quantitative estimate of drug-likeness (QED) is 0.685. The Balaban J connectivity index is 3.62. The van der Waals surface area contributed by atoms with Crippen LogP contribution in [0.25, 0.3) is 0 Å². The summed E-state index contributed by atoms with van der Waals surface area (Å²) in [7, 11) is 0. The third-order valence-corrected chi connectivity index (χ3v) is 2.39. The standard InChI is InChI=1S/C11H11F5N2O2/c1-2-20-10(19)5-4-18-6(3-17)7(9(12)13)8(5)11(14,15)16/h4,9H,2-3,17H2,1H3. The summed E-state index contributed by atoms with van der Waals surface area (Å²) in [4.78, 5) is 14.8. The molecule has 0 radical (unpaired) electrons. The van der Waals surface area contributed by atoms with Crippen LogP contribution in [0.15, 0.2) is 6.20 Å². The number of rotatable bonds is 4. The third kappa shape index (κ3) is 3.21. The Morgan fingerprint density at radius 3 is 2.45 bits per heavy atom. The van der Waals surface area contributed by atoms with Gasteiger partial charge in [0.2, 0.25) is 0 Å². The highest BCUT2D eigenvalue weighted by Gasteiger charge is 2.42. The average molecular weight is 298 g/mol. The molecule has 0 aliphatic rings. The van der Waals surface area contributed by atoms with Crippen LogP contribution in [0, 0.1) is 0 Å². The Morgan fingerprint density at radius 2 is 2.05 bits per heavy atom. The lowest BCUT2D eigenvalue weighted by atomic mass is 10.0. The van der Waals surface area contributed by atoms with Crippen molar-refractivity contribution in [2.75, 3.05) is 6.61 Å². The van der Waals surface area contributed by atoms with Crippen LogP contribution in [0.2, 0.25) is 0 Å². The molecular formula is C11H11F5N2O2. The second-order valence-electron chi connectivity index (χ2n) is 3.63. The lowest BCUT2D eigenvalue weighted by Crippen LogP contribution is -2.21. The van der Waals surface area contributed by atoms with Crippen molar-refractivity contribution in [2.24, 2.45) is 5.73 Å². The molecule has 0 aromatic carbocycles. The van der Waals surface area contributed by atoms with Crippen molar-refractivity contribution < 1.29 is 31.5 Å². The fourth-order valence-corrected chi connectivity index (χ4v) is 1.63. The fourth-order valence-electron chi connectivity index (χ4n) is 1.63. The van der Waals surface area contributed by atoms with Crippen molar-refractivity contribution in [3.8, 4) is 0 Å². The van der Waals surface area contributed by atoms with Gasteiger partial charge in [-0.25, -0.2) is 13.6 Å². The van der Waals surface area contributed by atoms with E-state index in [1.54, 1.807) is 0 Å². The monoisotopic (exact) mass is 298 g/mol. The van der Waals surface area contributed by atoms with E-state index in [4.69, 9.17) is 5.73 Å². The van der Waals surface area contributed by atoms with E-state index in [2.05, 4.69) is 9.72 Å². The minimum Gasteiger partial charge on any atom is -0.462 e. The molecule has 0 unspecified atom stereocenters. The summed E-state index contributed by atoms with van der Waals surface area (Å²) >= 11 is 0. The number of ether oxygens (including phenoxy) is 1. The highest BCUT2D eigenvalue weighted by Crippen LogP contribution is 2.39. The lowest BCUT2D eigenvalue weighted by Gasteiger charge is -2.18. The van der Waals surface area contributed by atoms with Gasteiger partial charge in [-0.2, -0.15) is 13.2 Å². The summed E-state index contributed by atoms with van der Waals surface area (Å²) in [6, 6.07) is 0. The van der Waals surface area contributed by atoms with Gasteiger partial charge in [0.05, 0.1) is 29.0 Å². The van der Waals surface area contributed by atoms with Crippen LogP contribution in [-0.4, -0.2) is 17.6 Å². The Hall–Kier alpha value is -1.77. The lowest BCUT2D eigenvalue weighted by molar-refractivity contribution is -0.140. The maximum Gasteiger partial charge on any atom is 0.417 e. The number of carbonyl (C=O) groups excluding carboxylic acids is 1. The summed E-state index contributed by atoms with van der Waals surface area (Å²) in [6.07, 6.45) is -8.07. The van der Waals surface area contributed by atoms with E-state index in [0.29, 0.717) is 6.20 Å². The van der Waals surface area contributed by atoms with Crippen LogP contribution in [0.5, 0.6) is 0 Å². The number of esters is 1. The first-order valence-corrected chi connectivity index (χ1v) is 5.48. The van der Waals surface area contributed by atoms with Crippen molar-refractivity contribution in [3.63, 3.8) is 0 Å². The number of hydrogen-bond donors (Lipinski definition) is 1. The molecule has 0 spiro atoms. The first-order valence-electron chi connectivity index (χ1n) is 5.48. The molecule has 20 heavy (non-hydrogen) atoms. The van der Waals surface area contributed by atoms with Crippen LogP contribution in [0.4, 0.5) is 22.0 Å². The molecule has 0 aliphatic heterocycles. The van der Waals surface area contributed by atoms with Gasteiger partial charge >= 0.3 is 12.1 Å². The van der Waals surface area contributed by atoms with E-state index in [9.17, 15) is 26.7 Å². The number of aromatic nitrogens is 1. The molecule has 0 bridgehead atoms. The molecule has 0 atom stereocenters. The Morgan fingerprint density at radius 1 is 1.45 bits per heavy atom. The topological polar surface area (TPSA) is 65.2 Å². The predicted octanol–water partition coefficient (Wildman–Crippen LogP) is 2.67. The van der Waals surface area contributed by atoms with Crippen molar-refractivity contribution in [3.05, 3.63) is 28.6 Å².